The minimum absolute atomic E-state index is 0.105. The molecule has 2 aromatic rings. The van der Waals surface area contributed by atoms with Crippen molar-refractivity contribution in [2.45, 2.75) is 13.5 Å². The average Bonchev–Trinajstić information content (AvgIpc) is 2.53. The standard InChI is InChI=1S/C17H18N2O3/c1-12-3-5-13(6-4-12)11-18-16(21)17(22)19(2)14-7-9-15(20)10-8-14/h3-10,20H,11H2,1-2H3,(H,18,21). The molecule has 0 aliphatic carbocycles. The van der Waals surface area contributed by atoms with Gasteiger partial charge in [-0.25, -0.2) is 0 Å². The number of nitrogens with one attached hydrogen (secondary N) is 1. The lowest BCUT2D eigenvalue weighted by Gasteiger charge is -2.16. The molecule has 2 aromatic carbocycles. The van der Waals surface area contributed by atoms with Crippen LogP contribution in [-0.2, 0) is 16.1 Å². The van der Waals surface area contributed by atoms with Crippen LogP contribution in [0.15, 0.2) is 48.5 Å². The van der Waals surface area contributed by atoms with Gasteiger partial charge in [0.05, 0.1) is 0 Å². The maximum Gasteiger partial charge on any atom is 0.316 e. The van der Waals surface area contributed by atoms with Crippen LogP contribution in [0.1, 0.15) is 11.1 Å². The van der Waals surface area contributed by atoms with E-state index in [4.69, 9.17) is 0 Å². The number of anilines is 1. The summed E-state index contributed by atoms with van der Waals surface area (Å²) in [4.78, 5) is 25.2. The van der Waals surface area contributed by atoms with Gasteiger partial charge in [-0.15, -0.1) is 0 Å². The Kier molecular flexibility index (Phi) is 4.78. The highest BCUT2D eigenvalue weighted by Gasteiger charge is 2.19. The van der Waals surface area contributed by atoms with Crippen LogP contribution in [0.5, 0.6) is 5.75 Å². The van der Waals surface area contributed by atoms with E-state index in [1.165, 1.54) is 24.1 Å². The normalized spacial score (nSPS) is 10.1. The minimum Gasteiger partial charge on any atom is -0.508 e. The lowest BCUT2D eigenvalue weighted by molar-refractivity contribution is -0.137. The first-order valence-corrected chi connectivity index (χ1v) is 6.88. The smallest absolute Gasteiger partial charge is 0.316 e. The van der Waals surface area contributed by atoms with Crippen LogP contribution in [0.25, 0.3) is 0 Å². The summed E-state index contributed by atoms with van der Waals surface area (Å²) in [5.74, 6) is -1.22. The van der Waals surface area contributed by atoms with E-state index in [0.717, 1.165) is 11.1 Å². The molecule has 0 saturated heterocycles. The molecule has 0 unspecified atom stereocenters. The Morgan fingerprint density at radius 3 is 2.23 bits per heavy atom. The molecule has 0 atom stereocenters. The predicted molar refractivity (Wildman–Crippen MR) is 84.5 cm³/mol. The van der Waals surface area contributed by atoms with Gasteiger partial charge in [0.1, 0.15) is 5.75 Å². The first-order valence-electron chi connectivity index (χ1n) is 6.88. The van der Waals surface area contributed by atoms with Crippen LogP contribution in [0.2, 0.25) is 0 Å². The summed E-state index contributed by atoms with van der Waals surface area (Å²) in [6, 6.07) is 13.8. The number of carbonyl (C=O) groups is 2. The fraction of sp³-hybridized carbons (Fsp3) is 0.176. The van der Waals surface area contributed by atoms with Crippen molar-refractivity contribution in [2.75, 3.05) is 11.9 Å². The maximum absolute atomic E-state index is 12.1. The summed E-state index contributed by atoms with van der Waals surface area (Å²) in [5.41, 5.74) is 2.60. The molecule has 2 rings (SSSR count). The molecule has 0 aromatic heterocycles. The number of hydrogen-bond acceptors (Lipinski definition) is 3. The molecule has 0 radical (unpaired) electrons. The van der Waals surface area contributed by atoms with Crippen molar-refractivity contribution in [3.05, 3.63) is 59.7 Å². The Morgan fingerprint density at radius 1 is 1.05 bits per heavy atom. The Balaban J connectivity index is 1.95. The average molecular weight is 298 g/mol. The van der Waals surface area contributed by atoms with Crippen molar-refractivity contribution in [1.29, 1.82) is 0 Å². The number of phenols is 1. The van der Waals surface area contributed by atoms with E-state index in [1.54, 1.807) is 12.1 Å². The first kappa shape index (κ1) is 15.6. The molecule has 0 heterocycles. The highest BCUT2D eigenvalue weighted by atomic mass is 16.3. The van der Waals surface area contributed by atoms with E-state index < -0.39 is 11.8 Å². The summed E-state index contributed by atoms with van der Waals surface area (Å²) in [7, 11) is 1.51. The molecule has 2 amide bonds. The molecule has 22 heavy (non-hydrogen) atoms. The molecule has 5 nitrogen and oxygen atoms in total. The summed E-state index contributed by atoms with van der Waals surface area (Å²) < 4.78 is 0. The Hall–Kier alpha value is -2.82. The van der Waals surface area contributed by atoms with Crippen molar-refractivity contribution in [2.24, 2.45) is 0 Å². The quantitative estimate of drug-likeness (QED) is 0.851. The molecule has 0 aliphatic rings. The van der Waals surface area contributed by atoms with E-state index >= 15 is 0 Å². The molecule has 114 valence electrons. The zero-order valence-electron chi connectivity index (χ0n) is 12.5. The Labute approximate surface area is 129 Å². The first-order chi connectivity index (χ1) is 10.5. The van der Waals surface area contributed by atoms with Gasteiger partial charge in [0.25, 0.3) is 0 Å². The van der Waals surface area contributed by atoms with Gasteiger partial charge in [-0.1, -0.05) is 29.8 Å². The number of carbonyl (C=O) groups excluding carboxylic acids is 2. The fourth-order valence-corrected chi connectivity index (χ4v) is 1.91. The van der Waals surface area contributed by atoms with Crippen LogP contribution in [0.3, 0.4) is 0 Å². The number of aryl methyl sites for hydroxylation is 1. The number of nitrogens with zero attached hydrogens (tertiary/aromatic N) is 1. The van der Waals surface area contributed by atoms with E-state index in [1.807, 2.05) is 31.2 Å². The van der Waals surface area contributed by atoms with Crippen LogP contribution >= 0.6 is 0 Å². The second kappa shape index (κ2) is 6.76. The number of hydrogen-bond donors (Lipinski definition) is 2. The summed E-state index contributed by atoms with van der Waals surface area (Å²) in [6.45, 7) is 2.28. The third-order valence-corrected chi connectivity index (χ3v) is 3.31. The van der Waals surface area contributed by atoms with Gasteiger partial charge in [-0.3, -0.25) is 9.59 Å². The monoisotopic (exact) mass is 298 g/mol. The van der Waals surface area contributed by atoms with Crippen molar-refractivity contribution in [3.8, 4) is 5.75 Å². The van der Waals surface area contributed by atoms with Gasteiger partial charge >= 0.3 is 11.8 Å². The van der Waals surface area contributed by atoms with E-state index in [2.05, 4.69) is 5.32 Å². The SMILES string of the molecule is Cc1ccc(CNC(=O)C(=O)N(C)c2ccc(O)cc2)cc1. The van der Waals surface area contributed by atoms with E-state index in [-0.39, 0.29) is 5.75 Å². The van der Waals surface area contributed by atoms with Crippen LogP contribution in [0, 0.1) is 6.92 Å². The highest BCUT2D eigenvalue weighted by Crippen LogP contribution is 2.17. The molecule has 0 bridgehead atoms. The van der Waals surface area contributed by atoms with E-state index in [0.29, 0.717) is 12.2 Å². The minimum atomic E-state index is -0.670. The molecule has 0 fully saturated rings. The van der Waals surface area contributed by atoms with Crippen molar-refractivity contribution < 1.29 is 14.7 Å². The third kappa shape index (κ3) is 3.85. The largest absolute Gasteiger partial charge is 0.508 e. The Bertz CT molecular complexity index is 663. The zero-order valence-corrected chi connectivity index (χ0v) is 12.5. The van der Waals surface area contributed by atoms with Gasteiger partial charge in [-0.05, 0) is 36.8 Å². The molecular weight excluding hydrogens is 280 g/mol. The summed E-state index contributed by atoms with van der Waals surface area (Å²) in [5, 5.41) is 11.8. The van der Waals surface area contributed by atoms with Crippen molar-refractivity contribution in [1.82, 2.24) is 5.32 Å². The molecule has 0 aliphatic heterocycles. The van der Waals surface area contributed by atoms with Crippen LogP contribution < -0.4 is 10.2 Å². The molecule has 5 heteroatoms. The number of rotatable bonds is 3. The maximum atomic E-state index is 12.1. The number of likely N-dealkylation sites (N-methyl/N-ethyl adjacent to an activating group) is 1. The molecular formula is C17H18N2O3. The zero-order chi connectivity index (χ0) is 16.1. The van der Waals surface area contributed by atoms with Crippen LogP contribution in [-0.4, -0.2) is 24.0 Å². The van der Waals surface area contributed by atoms with Gasteiger partial charge in [0.15, 0.2) is 0 Å². The number of amides is 2. The second-order valence-corrected chi connectivity index (χ2v) is 5.05. The summed E-state index contributed by atoms with van der Waals surface area (Å²) in [6.07, 6.45) is 0. The highest BCUT2D eigenvalue weighted by molar-refractivity contribution is 6.40. The predicted octanol–water partition coefficient (Wildman–Crippen LogP) is 1.98. The topological polar surface area (TPSA) is 69.6 Å². The lowest BCUT2D eigenvalue weighted by atomic mass is 10.1. The fourth-order valence-electron chi connectivity index (χ4n) is 1.91. The second-order valence-electron chi connectivity index (χ2n) is 5.05. The van der Waals surface area contributed by atoms with Crippen molar-refractivity contribution >= 4 is 17.5 Å². The van der Waals surface area contributed by atoms with Crippen LogP contribution in [0.4, 0.5) is 5.69 Å². The van der Waals surface area contributed by atoms with Gasteiger partial charge < -0.3 is 15.3 Å². The van der Waals surface area contributed by atoms with Gasteiger partial charge in [0.2, 0.25) is 0 Å². The molecule has 0 spiro atoms. The van der Waals surface area contributed by atoms with Crippen molar-refractivity contribution in [3.63, 3.8) is 0 Å². The molecule has 2 N–H and O–H groups in total. The number of benzene rings is 2. The third-order valence-electron chi connectivity index (χ3n) is 3.31. The Morgan fingerprint density at radius 2 is 1.64 bits per heavy atom. The number of aromatic hydroxyl groups is 1. The van der Waals surface area contributed by atoms with Gasteiger partial charge in [0, 0.05) is 19.3 Å². The van der Waals surface area contributed by atoms with E-state index in [9.17, 15) is 14.7 Å². The van der Waals surface area contributed by atoms with Gasteiger partial charge in [-0.2, -0.15) is 0 Å². The molecule has 0 saturated carbocycles. The summed E-state index contributed by atoms with van der Waals surface area (Å²) >= 11 is 0. The lowest BCUT2D eigenvalue weighted by Crippen LogP contribution is -2.40. The number of phenolic OH excluding ortho intramolecular Hbond substituents is 1.